The van der Waals surface area contributed by atoms with Crippen molar-refractivity contribution < 1.29 is 4.39 Å². The van der Waals surface area contributed by atoms with Crippen molar-refractivity contribution in [3.8, 4) is 0 Å². The molecule has 1 heterocycles. The Morgan fingerprint density at radius 3 is 2.62 bits per heavy atom. The molecule has 3 nitrogen and oxygen atoms in total. The first kappa shape index (κ1) is 13.4. The Morgan fingerprint density at radius 1 is 1.05 bits per heavy atom. The smallest absolute Gasteiger partial charge is 0.257 e. The molecule has 0 atom stereocenters. The fraction of sp³-hybridized carbons (Fsp3) is 0.118. The number of hydrogen-bond acceptors (Lipinski definition) is 2. The van der Waals surface area contributed by atoms with E-state index in [1.807, 2.05) is 24.3 Å². The minimum atomic E-state index is -0.231. The van der Waals surface area contributed by atoms with Crippen LogP contribution in [-0.4, -0.2) is 11.5 Å². The van der Waals surface area contributed by atoms with Crippen LogP contribution >= 0.6 is 0 Å². The molecule has 3 rings (SSSR count). The molecule has 2 N–H and O–H groups in total. The van der Waals surface area contributed by atoms with Crippen molar-refractivity contribution in [1.82, 2.24) is 4.98 Å². The Morgan fingerprint density at radius 2 is 1.81 bits per heavy atom. The van der Waals surface area contributed by atoms with Gasteiger partial charge >= 0.3 is 0 Å². The monoisotopic (exact) mass is 282 g/mol. The molecule has 106 valence electrons. The van der Waals surface area contributed by atoms with Gasteiger partial charge in [-0.3, -0.25) is 4.79 Å². The van der Waals surface area contributed by atoms with Crippen molar-refractivity contribution in [3.05, 3.63) is 76.3 Å². The topological polar surface area (TPSA) is 44.9 Å². The standard InChI is InChI=1S/C17H15FN2O/c18-14-7-5-12(6-8-14)9-10-19-16-11-13-3-1-2-4-15(13)17(21)20-16/h1-8,11H,9-10H2,(H2,19,20,21). The number of hydrogen-bond donors (Lipinski definition) is 2. The summed E-state index contributed by atoms with van der Waals surface area (Å²) < 4.78 is 12.8. The molecule has 0 unspecified atom stereocenters. The minimum absolute atomic E-state index is 0.0996. The molecule has 4 heteroatoms. The molecule has 21 heavy (non-hydrogen) atoms. The predicted molar refractivity (Wildman–Crippen MR) is 83.2 cm³/mol. The normalized spacial score (nSPS) is 10.7. The molecule has 0 bridgehead atoms. The van der Waals surface area contributed by atoms with E-state index in [4.69, 9.17) is 0 Å². The van der Waals surface area contributed by atoms with Crippen LogP contribution in [0.3, 0.4) is 0 Å². The summed E-state index contributed by atoms with van der Waals surface area (Å²) in [7, 11) is 0. The van der Waals surface area contributed by atoms with Gasteiger partial charge in [0.1, 0.15) is 11.6 Å². The van der Waals surface area contributed by atoms with E-state index in [1.165, 1.54) is 12.1 Å². The molecule has 1 aromatic heterocycles. The van der Waals surface area contributed by atoms with Crippen molar-refractivity contribution in [1.29, 1.82) is 0 Å². The largest absolute Gasteiger partial charge is 0.371 e. The van der Waals surface area contributed by atoms with E-state index in [0.717, 1.165) is 17.4 Å². The minimum Gasteiger partial charge on any atom is -0.371 e. The molecule has 0 spiro atoms. The molecule has 2 aromatic carbocycles. The van der Waals surface area contributed by atoms with E-state index in [1.54, 1.807) is 18.2 Å². The van der Waals surface area contributed by atoms with E-state index in [2.05, 4.69) is 10.3 Å². The highest BCUT2D eigenvalue weighted by Gasteiger charge is 2.01. The fourth-order valence-corrected chi connectivity index (χ4v) is 2.30. The van der Waals surface area contributed by atoms with Crippen LogP contribution < -0.4 is 10.9 Å². The average Bonchev–Trinajstić information content (AvgIpc) is 2.49. The summed E-state index contributed by atoms with van der Waals surface area (Å²) in [6.07, 6.45) is 0.759. The summed E-state index contributed by atoms with van der Waals surface area (Å²) >= 11 is 0. The molecule has 0 radical (unpaired) electrons. The second-order valence-electron chi connectivity index (χ2n) is 4.90. The first-order valence-corrected chi connectivity index (χ1v) is 6.83. The lowest BCUT2D eigenvalue weighted by Crippen LogP contribution is -2.12. The summed E-state index contributed by atoms with van der Waals surface area (Å²) in [4.78, 5) is 14.8. The van der Waals surface area contributed by atoms with E-state index < -0.39 is 0 Å². The molecule has 0 amide bonds. The summed E-state index contributed by atoms with van der Waals surface area (Å²) in [5.74, 6) is 0.464. The molecule has 3 aromatic rings. The number of rotatable bonds is 4. The van der Waals surface area contributed by atoms with Crippen molar-refractivity contribution in [2.45, 2.75) is 6.42 Å². The molecular weight excluding hydrogens is 267 g/mol. The van der Waals surface area contributed by atoms with Gasteiger partial charge in [0.15, 0.2) is 0 Å². The number of pyridine rings is 1. The summed E-state index contributed by atoms with van der Waals surface area (Å²) in [5, 5.41) is 4.78. The van der Waals surface area contributed by atoms with E-state index >= 15 is 0 Å². The zero-order chi connectivity index (χ0) is 14.7. The maximum absolute atomic E-state index is 12.8. The quantitative estimate of drug-likeness (QED) is 0.771. The van der Waals surface area contributed by atoms with Gasteiger partial charge < -0.3 is 10.3 Å². The van der Waals surface area contributed by atoms with Gasteiger partial charge in [0.25, 0.3) is 5.56 Å². The lowest BCUT2D eigenvalue weighted by Gasteiger charge is -2.07. The van der Waals surface area contributed by atoms with Gasteiger partial charge in [-0.15, -0.1) is 0 Å². The number of aromatic nitrogens is 1. The van der Waals surface area contributed by atoms with Crippen LogP contribution in [0.4, 0.5) is 10.2 Å². The van der Waals surface area contributed by atoms with E-state index in [-0.39, 0.29) is 11.4 Å². The maximum Gasteiger partial charge on any atom is 0.257 e. The lowest BCUT2D eigenvalue weighted by atomic mass is 10.1. The second kappa shape index (κ2) is 5.79. The molecule has 0 aliphatic carbocycles. The van der Waals surface area contributed by atoms with Crippen LogP contribution in [0.1, 0.15) is 5.56 Å². The first-order valence-electron chi connectivity index (χ1n) is 6.83. The number of H-pyrrole nitrogens is 1. The number of fused-ring (bicyclic) bond motifs is 1. The Kier molecular flexibility index (Phi) is 3.69. The SMILES string of the molecule is O=c1[nH]c(NCCc2ccc(F)cc2)cc2ccccc12. The predicted octanol–water partition coefficient (Wildman–Crippen LogP) is 3.32. The van der Waals surface area contributed by atoms with Crippen molar-refractivity contribution in [2.75, 3.05) is 11.9 Å². The third-order valence-electron chi connectivity index (χ3n) is 3.40. The highest BCUT2D eigenvalue weighted by molar-refractivity contribution is 5.83. The Labute approximate surface area is 121 Å². The van der Waals surface area contributed by atoms with Gasteiger partial charge in [-0.2, -0.15) is 0 Å². The van der Waals surface area contributed by atoms with Gasteiger partial charge in [-0.25, -0.2) is 4.39 Å². The lowest BCUT2D eigenvalue weighted by molar-refractivity contribution is 0.627. The second-order valence-corrected chi connectivity index (χ2v) is 4.90. The Hall–Kier alpha value is -2.62. The highest BCUT2D eigenvalue weighted by atomic mass is 19.1. The van der Waals surface area contributed by atoms with Gasteiger partial charge in [-0.05, 0) is 41.6 Å². The van der Waals surface area contributed by atoms with Crippen LogP contribution in [-0.2, 0) is 6.42 Å². The highest BCUT2D eigenvalue weighted by Crippen LogP contribution is 2.12. The number of anilines is 1. The average molecular weight is 282 g/mol. The Balaban J connectivity index is 1.70. The third kappa shape index (κ3) is 3.11. The number of aromatic amines is 1. The Bertz CT molecular complexity index is 809. The van der Waals surface area contributed by atoms with Gasteiger partial charge in [0.2, 0.25) is 0 Å². The van der Waals surface area contributed by atoms with Gasteiger partial charge in [-0.1, -0.05) is 30.3 Å². The van der Waals surface area contributed by atoms with Crippen molar-refractivity contribution in [2.24, 2.45) is 0 Å². The number of halogens is 1. The number of benzene rings is 2. The first-order chi connectivity index (χ1) is 10.2. The molecule has 0 aliphatic heterocycles. The van der Waals surface area contributed by atoms with Crippen LogP contribution in [0.15, 0.2) is 59.4 Å². The molecule has 0 saturated heterocycles. The zero-order valence-corrected chi connectivity index (χ0v) is 11.4. The van der Waals surface area contributed by atoms with Crippen LogP contribution in [0.25, 0.3) is 10.8 Å². The molecule has 0 fully saturated rings. The summed E-state index contributed by atoms with van der Waals surface area (Å²) in [6.45, 7) is 0.667. The van der Waals surface area contributed by atoms with Gasteiger partial charge in [0.05, 0.1) is 0 Å². The number of nitrogens with one attached hydrogen (secondary N) is 2. The van der Waals surface area contributed by atoms with Crippen molar-refractivity contribution >= 4 is 16.6 Å². The van der Waals surface area contributed by atoms with E-state index in [0.29, 0.717) is 17.7 Å². The van der Waals surface area contributed by atoms with Crippen molar-refractivity contribution in [3.63, 3.8) is 0 Å². The maximum atomic E-state index is 12.8. The van der Waals surface area contributed by atoms with E-state index in [9.17, 15) is 9.18 Å². The zero-order valence-electron chi connectivity index (χ0n) is 11.4. The molecule has 0 saturated carbocycles. The molecular formula is C17H15FN2O. The third-order valence-corrected chi connectivity index (χ3v) is 3.40. The van der Waals surface area contributed by atoms with Crippen LogP contribution in [0.5, 0.6) is 0 Å². The van der Waals surface area contributed by atoms with Gasteiger partial charge in [0, 0.05) is 11.9 Å². The molecule has 0 aliphatic rings. The summed E-state index contributed by atoms with van der Waals surface area (Å²) in [5.41, 5.74) is 0.949. The van der Waals surface area contributed by atoms with Crippen LogP contribution in [0, 0.1) is 5.82 Å². The fourth-order valence-electron chi connectivity index (χ4n) is 2.30. The van der Waals surface area contributed by atoms with Crippen LogP contribution in [0.2, 0.25) is 0 Å². The summed E-state index contributed by atoms with van der Waals surface area (Å²) in [6, 6.07) is 15.8.